The third-order valence-electron chi connectivity index (χ3n) is 5.91. The Kier molecular flexibility index (Phi) is 5.20. The Morgan fingerprint density at radius 2 is 1.82 bits per heavy atom. The quantitative estimate of drug-likeness (QED) is 0.410. The van der Waals surface area contributed by atoms with Crippen molar-refractivity contribution in [1.29, 1.82) is 0 Å². The molecule has 33 heavy (non-hydrogen) atoms. The molecule has 0 saturated heterocycles. The summed E-state index contributed by atoms with van der Waals surface area (Å²) in [7, 11) is 3.55. The number of nitrogens with zero attached hydrogens (tertiary/aromatic N) is 4. The highest BCUT2D eigenvalue weighted by atomic mass is 35.5. The maximum atomic E-state index is 12.7. The molecule has 0 aliphatic heterocycles. The number of hydrogen-bond acceptors (Lipinski definition) is 5. The average Bonchev–Trinajstić information content (AvgIpc) is 3.44. The molecule has 0 saturated carbocycles. The van der Waals surface area contributed by atoms with Crippen LogP contribution in [0.15, 0.2) is 71.9 Å². The first-order valence-corrected chi connectivity index (χ1v) is 11.5. The monoisotopic (exact) mass is 476 g/mol. The molecule has 0 radical (unpaired) electrons. The van der Waals surface area contributed by atoms with Gasteiger partial charge in [-0.1, -0.05) is 23.7 Å². The van der Waals surface area contributed by atoms with E-state index >= 15 is 0 Å². The van der Waals surface area contributed by atoms with Gasteiger partial charge >= 0.3 is 0 Å². The lowest BCUT2D eigenvalue weighted by molar-refractivity contribution is 0.113. The fourth-order valence-corrected chi connectivity index (χ4v) is 5.13. The summed E-state index contributed by atoms with van der Waals surface area (Å²) < 4.78 is 3.34. The number of imidazole rings is 1. The highest BCUT2D eigenvalue weighted by molar-refractivity contribution is 7.15. The van der Waals surface area contributed by atoms with Crippen molar-refractivity contribution in [3.8, 4) is 10.4 Å². The summed E-state index contributed by atoms with van der Waals surface area (Å²) in [6, 6.07) is 16.3. The maximum Gasteiger partial charge on any atom is 0.251 e. The van der Waals surface area contributed by atoms with Gasteiger partial charge in [-0.2, -0.15) is 0 Å². The Morgan fingerprint density at radius 1 is 1.06 bits per heavy atom. The zero-order chi connectivity index (χ0) is 23.3. The van der Waals surface area contributed by atoms with Crippen LogP contribution < -0.4 is 5.56 Å². The number of aryl methyl sites for hydroxylation is 3. The molecule has 0 aliphatic rings. The number of pyridine rings is 2. The summed E-state index contributed by atoms with van der Waals surface area (Å²) in [6.07, 6.45) is 3.27. The summed E-state index contributed by atoms with van der Waals surface area (Å²) >= 11 is 7.72. The van der Waals surface area contributed by atoms with Gasteiger partial charge in [-0.3, -0.25) is 4.79 Å². The molecule has 4 heterocycles. The molecule has 4 aromatic heterocycles. The minimum atomic E-state index is -1.58. The van der Waals surface area contributed by atoms with Gasteiger partial charge in [0.2, 0.25) is 0 Å². The van der Waals surface area contributed by atoms with Gasteiger partial charge in [0.05, 0.1) is 34.9 Å². The molecule has 0 spiro atoms. The minimum Gasteiger partial charge on any atom is -0.373 e. The molecular weight excluding hydrogens is 456 g/mol. The van der Waals surface area contributed by atoms with Crippen LogP contribution in [0.1, 0.15) is 21.8 Å². The van der Waals surface area contributed by atoms with Gasteiger partial charge in [-0.15, -0.1) is 11.3 Å². The first-order valence-electron chi connectivity index (χ1n) is 10.3. The van der Waals surface area contributed by atoms with Crippen LogP contribution in [0, 0.1) is 6.92 Å². The van der Waals surface area contributed by atoms with E-state index in [0.717, 1.165) is 15.3 Å². The van der Waals surface area contributed by atoms with Crippen molar-refractivity contribution < 1.29 is 5.11 Å². The van der Waals surface area contributed by atoms with E-state index in [4.69, 9.17) is 16.6 Å². The number of thiophene rings is 1. The van der Waals surface area contributed by atoms with Crippen molar-refractivity contribution in [2.45, 2.75) is 12.5 Å². The van der Waals surface area contributed by atoms with Crippen LogP contribution in [-0.4, -0.2) is 24.2 Å². The fraction of sp³-hybridized carbons (Fsp3) is 0.160. The van der Waals surface area contributed by atoms with Crippen molar-refractivity contribution >= 4 is 34.0 Å². The Labute approximate surface area is 199 Å². The van der Waals surface area contributed by atoms with Gasteiger partial charge in [0, 0.05) is 40.5 Å². The molecule has 0 unspecified atom stereocenters. The number of hydrogen-bond donors (Lipinski definition) is 1. The van der Waals surface area contributed by atoms with E-state index < -0.39 is 5.60 Å². The van der Waals surface area contributed by atoms with Crippen molar-refractivity contribution in [2.75, 3.05) is 0 Å². The minimum absolute atomic E-state index is 0.113. The predicted octanol–water partition coefficient (Wildman–Crippen LogP) is 4.64. The van der Waals surface area contributed by atoms with Crippen molar-refractivity contribution in [2.24, 2.45) is 14.1 Å². The van der Waals surface area contributed by atoms with Crippen LogP contribution in [0.4, 0.5) is 0 Å². The Balaban J connectivity index is 1.83. The maximum absolute atomic E-state index is 12.7. The SMILES string of the molecule is Cc1ccc(-c2cc(=O)n(C)c3ccc([C@](O)(c4ccc(Cl)cc4)c4cncn4C)nc23)s1. The standard InChI is InChI=1S/C25H21ClN4O2S/c1-15-4-10-20(33-15)18-12-23(31)30(3)19-9-11-21(28-24(18)19)25(32,22-13-27-14-29(22)2)16-5-7-17(26)8-6-16/h4-14,32H,1-3H3/t25-/m1/s1. The number of rotatable bonds is 4. The van der Waals surface area contributed by atoms with Crippen LogP contribution in [0.5, 0.6) is 0 Å². The van der Waals surface area contributed by atoms with E-state index in [0.29, 0.717) is 33.0 Å². The zero-order valence-electron chi connectivity index (χ0n) is 18.3. The lowest BCUT2D eigenvalue weighted by Gasteiger charge is -2.29. The van der Waals surface area contributed by atoms with E-state index in [-0.39, 0.29) is 5.56 Å². The van der Waals surface area contributed by atoms with Gasteiger partial charge in [0.25, 0.3) is 5.56 Å². The van der Waals surface area contributed by atoms with Crippen LogP contribution in [-0.2, 0) is 19.7 Å². The van der Waals surface area contributed by atoms with E-state index in [2.05, 4.69) is 4.98 Å². The van der Waals surface area contributed by atoms with Gasteiger partial charge < -0.3 is 14.2 Å². The molecule has 0 fully saturated rings. The third kappa shape index (κ3) is 3.49. The van der Waals surface area contributed by atoms with Crippen molar-refractivity contribution in [1.82, 2.24) is 19.1 Å². The average molecular weight is 477 g/mol. The van der Waals surface area contributed by atoms with Gasteiger partial charge in [0.1, 0.15) is 0 Å². The molecule has 8 heteroatoms. The van der Waals surface area contributed by atoms with Gasteiger partial charge in [-0.05, 0) is 48.9 Å². The Hall–Kier alpha value is -3.26. The lowest BCUT2D eigenvalue weighted by Crippen LogP contribution is -2.32. The van der Waals surface area contributed by atoms with Crippen LogP contribution in [0.3, 0.4) is 0 Å². The van der Waals surface area contributed by atoms with E-state index in [9.17, 15) is 9.90 Å². The first kappa shape index (κ1) is 21.6. The second kappa shape index (κ2) is 7.95. The largest absolute Gasteiger partial charge is 0.373 e. The Morgan fingerprint density at radius 3 is 2.45 bits per heavy atom. The molecular formula is C25H21ClN4O2S. The molecule has 166 valence electrons. The summed E-state index contributed by atoms with van der Waals surface area (Å²) in [6.45, 7) is 2.03. The predicted molar refractivity (Wildman–Crippen MR) is 132 cm³/mol. The number of aromatic nitrogens is 4. The molecule has 5 rings (SSSR count). The molecule has 6 nitrogen and oxygen atoms in total. The topological polar surface area (TPSA) is 72.9 Å². The van der Waals surface area contributed by atoms with Crippen molar-refractivity contribution in [3.63, 3.8) is 0 Å². The van der Waals surface area contributed by atoms with E-state index in [1.54, 1.807) is 76.4 Å². The fourth-order valence-electron chi connectivity index (χ4n) is 4.12. The molecule has 5 aromatic rings. The normalized spacial score (nSPS) is 13.4. The molecule has 0 aliphatic carbocycles. The van der Waals surface area contributed by atoms with Gasteiger partial charge in [-0.25, -0.2) is 9.97 Å². The molecule has 0 bridgehead atoms. The van der Waals surface area contributed by atoms with Crippen molar-refractivity contribution in [3.05, 3.63) is 104 Å². The number of halogens is 1. The van der Waals surface area contributed by atoms with Crippen LogP contribution >= 0.6 is 22.9 Å². The third-order valence-corrected chi connectivity index (χ3v) is 7.20. The van der Waals surface area contributed by atoms with E-state index in [1.807, 2.05) is 32.2 Å². The van der Waals surface area contributed by atoms with Gasteiger partial charge in [0.15, 0.2) is 5.60 Å². The lowest BCUT2D eigenvalue weighted by atomic mass is 9.86. The highest BCUT2D eigenvalue weighted by Gasteiger charge is 2.38. The second-order valence-corrected chi connectivity index (χ2v) is 9.76. The van der Waals surface area contributed by atoms with Crippen LogP contribution in [0.2, 0.25) is 5.02 Å². The first-order chi connectivity index (χ1) is 15.8. The number of benzene rings is 1. The summed E-state index contributed by atoms with van der Waals surface area (Å²) in [5.74, 6) is 0. The summed E-state index contributed by atoms with van der Waals surface area (Å²) in [4.78, 5) is 23.9. The Bertz CT molecular complexity index is 1550. The second-order valence-electron chi connectivity index (χ2n) is 8.04. The van der Waals surface area contributed by atoms with Crippen LogP contribution in [0.25, 0.3) is 21.5 Å². The summed E-state index contributed by atoms with van der Waals surface area (Å²) in [5, 5.41) is 12.8. The zero-order valence-corrected chi connectivity index (χ0v) is 19.9. The highest BCUT2D eigenvalue weighted by Crippen LogP contribution is 2.38. The number of fused-ring (bicyclic) bond motifs is 1. The van der Waals surface area contributed by atoms with E-state index in [1.165, 1.54) is 0 Å². The number of aliphatic hydroxyl groups is 1. The smallest absolute Gasteiger partial charge is 0.251 e. The molecule has 1 atom stereocenters. The molecule has 1 N–H and O–H groups in total. The molecule has 0 amide bonds. The summed E-state index contributed by atoms with van der Waals surface area (Å²) in [5.41, 5.74) is 1.99. The molecule has 1 aromatic carbocycles.